The van der Waals surface area contributed by atoms with E-state index in [1.165, 1.54) is 0 Å². The lowest BCUT2D eigenvalue weighted by molar-refractivity contribution is -0.145. The summed E-state index contributed by atoms with van der Waals surface area (Å²) >= 11 is 1.64. The van der Waals surface area contributed by atoms with Crippen LogP contribution in [0.25, 0.3) is 0 Å². The Bertz CT molecular complexity index is 961. The molecule has 0 atom stereocenters. The molecule has 2 amide bonds. The molecule has 2 aromatic rings. The molecule has 1 heterocycles. The van der Waals surface area contributed by atoms with Crippen LogP contribution in [0.2, 0.25) is 0 Å². The molecule has 0 saturated carbocycles. The zero-order valence-corrected chi connectivity index (χ0v) is 21.5. The normalized spacial score (nSPS) is 11.1. The van der Waals surface area contributed by atoms with Crippen molar-refractivity contribution in [1.82, 2.24) is 9.80 Å². The van der Waals surface area contributed by atoms with Gasteiger partial charge in [0.05, 0.1) is 20.8 Å². The third-order valence-electron chi connectivity index (χ3n) is 5.38. The molecule has 0 fully saturated rings. The van der Waals surface area contributed by atoms with Crippen molar-refractivity contribution >= 4 is 23.2 Å². The summed E-state index contributed by atoms with van der Waals surface area (Å²) in [5, 5.41) is 2.04. The Hall–Kier alpha value is -2.80. The number of aryl methyl sites for hydroxylation is 1. The summed E-state index contributed by atoms with van der Waals surface area (Å²) in [4.78, 5) is 30.8. The Kier molecular flexibility index (Phi) is 9.53. The average Bonchev–Trinajstić information content (AvgIpc) is 3.18. The molecule has 0 spiro atoms. The maximum Gasteiger partial charge on any atom is 0.242 e. The van der Waals surface area contributed by atoms with Crippen molar-refractivity contribution in [2.45, 2.75) is 40.7 Å². The van der Waals surface area contributed by atoms with Crippen LogP contribution in [0.4, 0.5) is 0 Å². The summed E-state index contributed by atoms with van der Waals surface area (Å²) < 4.78 is 10.7. The number of thiophene rings is 1. The Morgan fingerprint density at radius 1 is 1.09 bits per heavy atom. The highest BCUT2D eigenvalue weighted by Crippen LogP contribution is 2.28. The van der Waals surface area contributed by atoms with Crippen LogP contribution < -0.4 is 9.47 Å². The van der Waals surface area contributed by atoms with Gasteiger partial charge in [-0.25, -0.2) is 0 Å². The number of benzene rings is 1. The molecule has 0 radical (unpaired) electrons. The van der Waals surface area contributed by atoms with Crippen molar-refractivity contribution in [2.24, 2.45) is 5.41 Å². The summed E-state index contributed by atoms with van der Waals surface area (Å²) in [6.45, 7) is 12.8. The Balaban J connectivity index is 2.22. The van der Waals surface area contributed by atoms with E-state index in [-0.39, 0.29) is 18.4 Å². The van der Waals surface area contributed by atoms with Crippen molar-refractivity contribution in [3.63, 3.8) is 0 Å². The summed E-state index contributed by atoms with van der Waals surface area (Å²) in [6.07, 6.45) is 2.32. The van der Waals surface area contributed by atoms with Gasteiger partial charge in [0.2, 0.25) is 11.8 Å². The number of nitrogens with zero attached hydrogens (tertiary/aromatic N) is 2. The van der Waals surface area contributed by atoms with E-state index in [1.807, 2.05) is 49.3 Å². The van der Waals surface area contributed by atoms with Crippen molar-refractivity contribution < 1.29 is 19.1 Å². The predicted molar refractivity (Wildman–Crippen MR) is 134 cm³/mol. The van der Waals surface area contributed by atoms with E-state index in [9.17, 15) is 9.59 Å². The predicted octanol–water partition coefficient (Wildman–Crippen LogP) is 4.71. The van der Waals surface area contributed by atoms with Crippen molar-refractivity contribution in [2.75, 3.05) is 33.9 Å². The van der Waals surface area contributed by atoms with Gasteiger partial charge in [0.15, 0.2) is 11.5 Å². The van der Waals surface area contributed by atoms with Crippen LogP contribution in [0, 0.1) is 12.3 Å². The van der Waals surface area contributed by atoms with Crippen LogP contribution in [0.5, 0.6) is 11.5 Å². The summed E-state index contributed by atoms with van der Waals surface area (Å²) in [5.41, 5.74) is 1.64. The van der Waals surface area contributed by atoms with Crippen LogP contribution in [0.15, 0.2) is 42.3 Å². The summed E-state index contributed by atoms with van der Waals surface area (Å²) in [7, 11) is 3.21. The van der Waals surface area contributed by atoms with E-state index in [2.05, 4.69) is 19.6 Å². The number of ether oxygens (including phenoxy) is 2. The summed E-state index contributed by atoms with van der Waals surface area (Å²) in [5.74, 6) is 1.18. The van der Waals surface area contributed by atoms with Gasteiger partial charge in [-0.3, -0.25) is 9.59 Å². The molecule has 0 bridgehead atoms. The smallest absolute Gasteiger partial charge is 0.242 e. The highest BCUT2D eigenvalue weighted by Gasteiger charge is 2.29. The van der Waals surface area contributed by atoms with Gasteiger partial charge in [0, 0.05) is 23.4 Å². The van der Waals surface area contributed by atoms with Gasteiger partial charge in [-0.05, 0) is 48.1 Å². The molecule has 0 aliphatic heterocycles. The topological polar surface area (TPSA) is 59.1 Å². The van der Waals surface area contributed by atoms with E-state index in [1.54, 1.807) is 36.5 Å². The van der Waals surface area contributed by atoms with Gasteiger partial charge in [-0.15, -0.1) is 17.9 Å². The standard InChI is InChI=1S/C26H36N2O4S/c1-8-13-28(25(30)26(3,4)5)18-24(29)27(17-23-19(2)12-15-33-23)14-11-20-9-10-21(31-6)22(16-20)32-7/h8-10,12,15-16H,1,11,13-14,17-18H2,2-7H3. The van der Waals surface area contributed by atoms with Gasteiger partial charge in [-0.1, -0.05) is 32.9 Å². The third kappa shape index (κ3) is 7.35. The molecular weight excluding hydrogens is 436 g/mol. The number of hydrogen-bond donors (Lipinski definition) is 0. The molecule has 0 saturated heterocycles. The third-order valence-corrected chi connectivity index (χ3v) is 6.39. The number of carbonyl (C=O) groups is 2. The minimum absolute atomic E-state index is 0.0263. The number of carbonyl (C=O) groups excluding carboxylic acids is 2. The van der Waals surface area contributed by atoms with Gasteiger partial charge >= 0.3 is 0 Å². The highest BCUT2D eigenvalue weighted by molar-refractivity contribution is 7.10. The fraction of sp³-hybridized carbons (Fsp3) is 0.462. The van der Waals surface area contributed by atoms with Crippen molar-refractivity contribution in [3.05, 3.63) is 58.3 Å². The lowest BCUT2D eigenvalue weighted by atomic mass is 9.94. The Morgan fingerprint density at radius 2 is 1.79 bits per heavy atom. The zero-order chi connectivity index (χ0) is 24.6. The number of hydrogen-bond acceptors (Lipinski definition) is 5. The first-order valence-corrected chi connectivity index (χ1v) is 11.9. The maximum atomic E-state index is 13.4. The molecule has 0 aliphatic carbocycles. The minimum atomic E-state index is -0.571. The second kappa shape index (κ2) is 11.9. The van der Waals surface area contributed by atoms with Crippen molar-refractivity contribution in [1.29, 1.82) is 0 Å². The van der Waals surface area contributed by atoms with Crippen molar-refractivity contribution in [3.8, 4) is 11.5 Å². The summed E-state index contributed by atoms with van der Waals surface area (Å²) in [6, 6.07) is 7.85. The first kappa shape index (κ1) is 26.5. The molecule has 1 aromatic carbocycles. The monoisotopic (exact) mass is 472 g/mol. The van der Waals surface area contributed by atoms with E-state index < -0.39 is 5.41 Å². The number of amides is 2. The molecular formula is C26H36N2O4S. The quantitative estimate of drug-likeness (QED) is 0.445. The molecule has 0 N–H and O–H groups in total. The number of rotatable bonds is 11. The first-order chi connectivity index (χ1) is 15.6. The van der Waals surface area contributed by atoms with Gasteiger partial charge in [-0.2, -0.15) is 0 Å². The van der Waals surface area contributed by atoms with E-state index >= 15 is 0 Å². The largest absolute Gasteiger partial charge is 0.493 e. The SMILES string of the molecule is C=CCN(CC(=O)N(CCc1ccc(OC)c(OC)c1)Cc1sccc1C)C(=O)C(C)(C)C. The molecule has 6 nitrogen and oxygen atoms in total. The zero-order valence-electron chi connectivity index (χ0n) is 20.6. The van der Waals surface area contributed by atoms with Gasteiger partial charge < -0.3 is 19.3 Å². The maximum absolute atomic E-state index is 13.4. The molecule has 180 valence electrons. The Morgan fingerprint density at radius 3 is 2.33 bits per heavy atom. The van der Waals surface area contributed by atoms with Gasteiger partial charge in [0.25, 0.3) is 0 Å². The molecule has 2 rings (SSSR count). The molecule has 0 unspecified atom stereocenters. The minimum Gasteiger partial charge on any atom is -0.493 e. The highest BCUT2D eigenvalue weighted by atomic mass is 32.1. The average molecular weight is 473 g/mol. The molecule has 0 aliphatic rings. The lowest BCUT2D eigenvalue weighted by Crippen LogP contribution is -2.46. The lowest BCUT2D eigenvalue weighted by Gasteiger charge is -2.31. The van der Waals surface area contributed by atoms with Crippen LogP contribution in [-0.2, 0) is 22.6 Å². The van der Waals surface area contributed by atoms with E-state index in [0.717, 1.165) is 16.0 Å². The number of methoxy groups -OCH3 is 2. The molecule has 33 heavy (non-hydrogen) atoms. The van der Waals surface area contributed by atoms with Crippen LogP contribution in [-0.4, -0.2) is 55.5 Å². The van der Waals surface area contributed by atoms with Gasteiger partial charge in [0.1, 0.15) is 6.54 Å². The van der Waals surface area contributed by atoms with Crippen LogP contribution in [0.1, 0.15) is 36.8 Å². The van der Waals surface area contributed by atoms with Crippen LogP contribution in [0.3, 0.4) is 0 Å². The first-order valence-electron chi connectivity index (χ1n) is 11.0. The fourth-order valence-electron chi connectivity index (χ4n) is 3.44. The van der Waals surface area contributed by atoms with E-state index in [0.29, 0.717) is 37.6 Å². The second-order valence-electron chi connectivity index (χ2n) is 9.01. The fourth-order valence-corrected chi connectivity index (χ4v) is 4.37. The Labute approximate surface area is 201 Å². The van der Waals surface area contributed by atoms with E-state index in [4.69, 9.17) is 9.47 Å². The molecule has 1 aromatic heterocycles. The molecule has 7 heteroatoms. The second-order valence-corrected chi connectivity index (χ2v) is 10.0. The van der Waals surface area contributed by atoms with Crippen LogP contribution >= 0.6 is 11.3 Å².